The first-order valence-electron chi connectivity index (χ1n) is 10.0. The normalized spacial score (nSPS) is 22.7. The maximum Gasteiger partial charge on any atom is 0.305 e. The maximum absolute atomic E-state index is 11.4. The van der Waals surface area contributed by atoms with Crippen LogP contribution >= 0.6 is 0 Å². The highest BCUT2D eigenvalue weighted by atomic mass is 16.7. The van der Waals surface area contributed by atoms with Crippen LogP contribution in [0.5, 0.6) is 0 Å². The molecule has 0 saturated carbocycles. The number of ether oxygens (including phenoxy) is 3. The summed E-state index contributed by atoms with van der Waals surface area (Å²) in [7, 11) is 3.31. The summed E-state index contributed by atoms with van der Waals surface area (Å²) in [5.41, 5.74) is 1.57. The van der Waals surface area contributed by atoms with Crippen LogP contribution in [0.4, 0.5) is 0 Å². The number of hydrogen-bond acceptors (Lipinski definition) is 6. The van der Waals surface area contributed by atoms with E-state index < -0.39 is 11.9 Å². The van der Waals surface area contributed by atoms with Crippen molar-refractivity contribution in [1.82, 2.24) is 9.55 Å². The molecule has 1 fully saturated rings. The summed E-state index contributed by atoms with van der Waals surface area (Å²) >= 11 is 0. The van der Waals surface area contributed by atoms with E-state index in [1.165, 1.54) is 7.11 Å². The van der Waals surface area contributed by atoms with Crippen LogP contribution in [0, 0.1) is 6.92 Å². The van der Waals surface area contributed by atoms with Gasteiger partial charge in [-0.05, 0) is 46.1 Å². The summed E-state index contributed by atoms with van der Waals surface area (Å²) in [5.74, 6) is -0.0534. The van der Waals surface area contributed by atoms with Crippen LogP contribution in [-0.2, 0) is 26.1 Å². The predicted molar refractivity (Wildman–Crippen MR) is 107 cm³/mol. The van der Waals surface area contributed by atoms with Crippen molar-refractivity contribution in [3.05, 3.63) is 23.3 Å². The Labute approximate surface area is 167 Å². The zero-order valence-corrected chi connectivity index (χ0v) is 17.9. The summed E-state index contributed by atoms with van der Waals surface area (Å²) in [6, 6.07) is 0. The van der Waals surface area contributed by atoms with Crippen molar-refractivity contribution in [2.45, 2.75) is 83.9 Å². The molecule has 1 saturated heterocycles. The highest BCUT2D eigenvalue weighted by molar-refractivity contribution is 5.69. The van der Waals surface area contributed by atoms with Crippen molar-refractivity contribution < 1.29 is 24.1 Å². The van der Waals surface area contributed by atoms with Gasteiger partial charge in [0.05, 0.1) is 30.7 Å². The fourth-order valence-electron chi connectivity index (χ4n) is 3.56. The zero-order valence-electron chi connectivity index (χ0n) is 17.9. The average molecular weight is 395 g/mol. The number of aliphatic hydroxyl groups is 1. The lowest BCUT2D eigenvalue weighted by Crippen LogP contribution is -2.21. The number of aliphatic hydroxyl groups excluding tert-OH is 1. The summed E-state index contributed by atoms with van der Waals surface area (Å²) in [6.45, 7) is 7.74. The van der Waals surface area contributed by atoms with Gasteiger partial charge in [-0.2, -0.15) is 0 Å². The molecule has 1 unspecified atom stereocenters. The standard InChI is InChI=1S/C21H34N2O5/c1-7-9-16(24)20-15(22-14(2)23(20)5)12-13-18-17(27-21(3,4)28-18)10-8-11-19(25)26-6/h12-13,16-18,24H,7-11H2,1-6H3/b13-12+/t16?,17-,18+/m0/s1. The van der Waals surface area contributed by atoms with Crippen molar-refractivity contribution in [3.8, 4) is 0 Å². The number of nitrogens with zero attached hydrogens (tertiary/aromatic N) is 2. The molecule has 0 aliphatic carbocycles. The third kappa shape index (κ3) is 5.65. The van der Waals surface area contributed by atoms with Gasteiger partial charge in [-0.1, -0.05) is 19.4 Å². The Hall–Kier alpha value is -1.70. The first kappa shape index (κ1) is 22.6. The van der Waals surface area contributed by atoms with Crippen LogP contribution < -0.4 is 0 Å². The van der Waals surface area contributed by atoms with Gasteiger partial charge >= 0.3 is 5.97 Å². The lowest BCUT2D eigenvalue weighted by atomic mass is 10.0. The molecule has 7 heteroatoms. The molecule has 1 N–H and O–H groups in total. The fourth-order valence-corrected chi connectivity index (χ4v) is 3.56. The number of imidazole rings is 1. The highest BCUT2D eigenvalue weighted by Gasteiger charge is 2.39. The van der Waals surface area contributed by atoms with E-state index in [-0.39, 0.29) is 18.2 Å². The van der Waals surface area contributed by atoms with E-state index >= 15 is 0 Å². The Morgan fingerprint density at radius 1 is 1.43 bits per heavy atom. The van der Waals surface area contributed by atoms with Crippen molar-refractivity contribution in [3.63, 3.8) is 0 Å². The summed E-state index contributed by atoms with van der Waals surface area (Å²) in [6.07, 6.45) is 6.21. The molecule has 2 rings (SSSR count). The molecular formula is C21H34N2O5. The quantitative estimate of drug-likeness (QED) is 0.646. The van der Waals surface area contributed by atoms with Crippen molar-refractivity contribution >= 4 is 12.0 Å². The van der Waals surface area contributed by atoms with Crippen LogP contribution in [-0.4, -0.2) is 45.7 Å². The van der Waals surface area contributed by atoms with E-state index in [1.54, 1.807) is 0 Å². The second kappa shape index (κ2) is 9.67. The molecule has 7 nitrogen and oxygen atoms in total. The molecule has 2 heterocycles. The Morgan fingerprint density at radius 2 is 2.14 bits per heavy atom. The number of hydrogen-bond donors (Lipinski definition) is 1. The maximum atomic E-state index is 11.4. The van der Waals surface area contributed by atoms with E-state index in [2.05, 4.69) is 4.98 Å². The van der Waals surface area contributed by atoms with E-state index in [0.29, 0.717) is 25.7 Å². The zero-order chi connectivity index (χ0) is 20.9. The molecule has 0 aromatic carbocycles. The highest BCUT2D eigenvalue weighted by Crippen LogP contribution is 2.32. The molecule has 0 radical (unpaired) electrons. The summed E-state index contributed by atoms with van der Waals surface area (Å²) in [4.78, 5) is 15.9. The van der Waals surface area contributed by atoms with Crippen LogP contribution in [0.15, 0.2) is 6.08 Å². The van der Waals surface area contributed by atoms with Gasteiger partial charge < -0.3 is 23.9 Å². The van der Waals surface area contributed by atoms with Gasteiger partial charge in [0.25, 0.3) is 0 Å². The Balaban J connectivity index is 2.14. The molecule has 1 aliphatic rings. The van der Waals surface area contributed by atoms with Gasteiger partial charge in [-0.15, -0.1) is 0 Å². The number of aryl methyl sites for hydroxylation is 1. The Kier molecular flexibility index (Phi) is 7.80. The minimum atomic E-state index is -0.685. The molecule has 1 aromatic rings. The number of esters is 1. The lowest BCUT2D eigenvalue weighted by molar-refractivity contribution is -0.144. The number of aromatic nitrogens is 2. The first-order chi connectivity index (χ1) is 13.2. The summed E-state index contributed by atoms with van der Waals surface area (Å²) in [5, 5.41) is 10.5. The van der Waals surface area contributed by atoms with Gasteiger partial charge in [0.15, 0.2) is 5.79 Å². The number of methoxy groups -OCH3 is 1. The van der Waals surface area contributed by atoms with Gasteiger partial charge in [0.1, 0.15) is 11.9 Å². The Bertz CT molecular complexity index is 695. The third-order valence-corrected chi connectivity index (χ3v) is 5.03. The van der Waals surface area contributed by atoms with Gasteiger partial charge in [0.2, 0.25) is 0 Å². The second-order valence-electron chi connectivity index (χ2n) is 7.76. The van der Waals surface area contributed by atoms with Crippen molar-refractivity contribution in [1.29, 1.82) is 0 Å². The minimum absolute atomic E-state index is 0.148. The van der Waals surface area contributed by atoms with E-state index in [4.69, 9.17) is 14.2 Å². The lowest BCUT2D eigenvalue weighted by Gasteiger charge is -2.16. The number of carbonyl (C=O) groups is 1. The molecule has 0 bridgehead atoms. The van der Waals surface area contributed by atoms with E-state index in [0.717, 1.165) is 23.6 Å². The van der Waals surface area contributed by atoms with E-state index in [1.807, 2.05) is 51.5 Å². The molecular weight excluding hydrogens is 360 g/mol. The minimum Gasteiger partial charge on any atom is -0.469 e. The molecule has 158 valence electrons. The van der Waals surface area contributed by atoms with Crippen LogP contribution in [0.1, 0.15) is 76.2 Å². The van der Waals surface area contributed by atoms with Gasteiger partial charge in [-0.25, -0.2) is 4.98 Å². The van der Waals surface area contributed by atoms with E-state index in [9.17, 15) is 9.90 Å². The van der Waals surface area contributed by atoms with Crippen molar-refractivity contribution in [2.75, 3.05) is 7.11 Å². The van der Waals surface area contributed by atoms with Crippen LogP contribution in [0.2, 0.25) is 0 Å². The molecule has 0 spiro atoms. The molecule has 1 aromatic heterocycles. The largest absolute Gasteiger partial charge is 0.469 e. The smallest absolute Gasteiger partial charge is 0.305 e. The fraction of sp³-hybridized carbons (Fsp3) is 0.714. The SMILES string of the molecule is CCCC(O)c1c(/C=C/[C@H]2OC(C)(C)O[C@H]2CCCC(=O)OC)nc(C)n1C. The summed E-state index contributed by atoms with van der Waals surface area (Å²) < 4.78 is 18.7. The van der Waals surface area contributed by atoms with Gasteiger partial charge in [-0.3, -0.25) is 4.79 Å². The molecule has 28 heavy (non-hydrogen) atoms. The molecule has 3 atom stereocenters. The first-order valence-corrected chi connectivity index (χ1v) is 10.0. The topological polar surface area (TPSA) is 82.8 Å². The Morgan fingerprint density at radius 3 is 2.79 bits per heavy atom. The number of rotatable bonds is 9. The monoisotopic (exact) mass is 394 g/mol. The van der Waals surface area contributed by atoms with Crippen LogP contribution in [0.25, 0.3) is 6.08 Å². The average Bonchev–Trinajstić information content (AvgIpc) is 3.08. The van der Waals surface area contributed by atoms with Gasteiger partial charge in [0, 0.05) is 13.5 Å². The third-order valence-electron chi connectivity index (χ3n) is 5.03. The van der Waals surface area contributed by atoms with Crippen LogP contribution in [0.3, 0.4) is 0 Å². The predicted octanol–water partition coefficient (Wildman–Crippen LogP) is 3.44. The van der Waals surface area contributed by atoms with Crippen molar-refractivity contribution in [2.24, 2.45) is 7.05 Å². The molecule has 0 amide bonds. The molecule has 1 aliphatic heterocycles. The number of carbonyl (C=O) groups excluding carboxylic acids is 1. The second-order valence-corrected chi connectivity index (χ2v) is 7.76.